The van der Waals surface area contributed by atoms with Gasteiger partial charge in [-0.3, -0.25) is 14.9 Å². The first kappa shape index (κ1) is 15.0. The van der Waals surface area contributed by atoms with E-state index in [0.29, 0.717) is 31.3 Å². The fourth-order valence-electron chi connectivity index (χ4n) is 2.47. The van der Waals surface area contributed by atoms with Crippen molar-refractivity contribution in [2.45, 2.75) is 6.10 Å². The Kier molecular flexibility index (Phi) is 3.94. The van der Waals surface area contributed by atoms with Gasteiger partial charge in [-0.2, -0.15) is 0 Å². The molecule has 1 unspecified atom stereocenters. The van der Waals surface area contributed by atoms with Gasteiger partial charge < -0.3 is 19.8 Å². The molecule has 1 aliphatic heterocycles. The Morgan fingerprint density at radius 1 is 1.52 bits per heavy atom. The second kappa shape index (κ2) is 6.05. The number of hydrogen-bond acceptors (Lipinski definition) is 7. The first-order valence-electron chi connectivity index (χ1n) is 6.90. The van der Waals surface area contributed by atoms with E-state index in [4.69, 9.17) is 14.9 Å². The van der Waals surface area contributed by atoms with E-state index in [2.05, 4.69) is 4.98 Å². The summed E-state index contributed by atoms with van der Waals surface area (Å²) in [5, 5.41) is 10.8. The third-order valence-electron chi connectivity index (χ3n) is 3.56. The number of rotatable bonds is 4. The van der Waals surface area contributed by atoms with Crippen molar-refractivity contribution >= 4 is 17.4 Å². The van der Waals surface area contributed by atoms with Crippen molar-refractivity contribution < 1.29 is 18.9 Å². The number of ether oxygens (including phenoxy) is 1. The van der Waals surface area contributed by atoms with Gasteiger partial charge in [-0.05, 0) is 12.1 Å². The third-order valence-corrected chi connectivity index (χ3v) is 3.56. The quantitative estimate of drug-likeness (QED) is 0.664. The molecular weight excluding hydrogens is 304 g/mol. The molecule has 0 bridgehead atoms. The Bertz CT molecular complexity index is 731. The molecule has 2 N–H and O–H groups in total. The van der Waals surface area contributed by atoms with Crippen LogP contribution in [0.5, 0.6) is 0 Å². The predicted molar refractivity (Wildman–Crippen MR) is 79.0 cm³/mol. The molecule has 2 aromatic rings. The van der Waals surface area contributed by atoms with Gasteiger partial charge in [0, 0.05) is 12.6 Å². The summed E-state index contributed by atoms with van der Waals surface area (Å²) in [5.74, 6) is 0.206. The van der Waals surface area contributed by atoms with Gasteiger partial charge in [0.1, 0.15) is 23.9 Å². The normalized spacial score (nSPS) is 17.9. The first-order valence-corrected chi connectivity index (χ1v) is 6.90. The fourth-order valence-corrected chi connectivity index (χ4v) is 2.47. The molecule has 0 aromatic carbocycles. The van der Waals surface area contributed by atoms with Crippen LogP contribution in [-0.2, 0) is 4.74 Å². The van der Waals surface area contributed by atoms with E-state index in [1.807, 2.05) is 0 Å². The van der Waals surface area contributed by atoms with E-state index in [1.165, 1.54) is 0 Å². The molecule has 1 fully saturated rings. The van der Waals surface area contributed by atoms with E-state index in [9.17, 15) is 14.9 Å². The topological polar surface area (TPSA) is 125 Å². The number of nitro groups is 1. The van der Waals surface area contributed by atoms with Crippen LogP contribution in [0.3, 0.4) is 0 Å². The summed E-state index contributed by atoms with van der Waals surface area (Å²) in [5.41, 5.74) is 5.08. The molecule has 3 rings (SSSR count). The van der Waals surface area contributed by atoms with Gasteiger partial charge >= 0.3 is 0 Å². The SMILES string of the molecule is NC(=O)c1cc([N+](=O)[O-])cnc1N1CCOC(c2ccco2)C1. The van der Waals surface area contributed by atoms with Crippen LogP contribution in [0.1, 0.15) is 22.2 Å². The smallest absolute Gasteiger partial charge is 0.288 e. The highest BCUT2D eigenvalue weighted by molar-refractivity contribution is 5.98. The van der Waals surface area contributed by atoms with Crippen LogP contribution >= 0.6 is 0 Å². The molecule has 120 valence electrons. The van der Waals surface area contributed by atoms with Crippen LogP contribution in [0, 0.1) is 10.1 Å². The van der Waals surface area contributed by atoms with Gasteiger partial charge in [0.05, 0.1) is 29.9 Å². The van der Waals surface area contributed by atoms with Crippen LogP contribution in [-0.4, -0.2) is 35.5 Å². The monoisotopic (exact) mass is 318 g/mol. The van der Waals surface area contributed by atoms with Crippen molar-refractivity contribution in [3.8, 4) is 0 Å². The van der Waals surface area contributed by atoms with E-state index in [1.54, 1.807) is 23.3 Å². The summed E-state index contributed by atoms with van der Waals surface area (Å²) < 4.78 is 11.0. The van der Waals surface area contributed by atoms with E-state index in [-0.39, 0.29) is 17.4 Å². The van der Waals surface area contributed by atoms with Crippen molar-refractivity contribution in [2.24, 2.45) is 5.73 Å². The lowest BCUT2D eigenvalue weighted by atomic mass is 10.1. The highest BCUT2D eigenvalue weighted by Gasteiger charge is 2.28. The zero-order chi connectivity index (χ0) is 16.4. The van der Waals surface area contributed by atoms with Crippen LogP contribution < -0.4 is 10.6 Å². The third kappa shape index (κ3) is 2.99. The van der Waals surface area contributed by atoms with Crippen LogP contribution in [0.2, 0.25) is 0 Å². The Labute approximate surface area is 130 Å². The van der Waals surface area contributed by atoms with E-state index < -0.39 is 10.8 Å². The minimum atomic E-state index is -0.766. The summed E-state index contributed by atoms with van der Waals surface area (Å²) in [6.07, 6.45) is 2.35. The van der Waals surface area contributed by atoms with Crippen LogP contribution in [0.15, 0.2) is 35.1 Å². The van der Waals surface area contributed by atoms with E-state index >= 15 is 0 Å². The number of carbonyl (C=O) groups is 1. The van der Waals surface area contributed by atoms with Crippen molar-refractivity contribution in [3.05, 3.63) is 52.1 Å². The fraction of sp³-hybridized carbons (Fsp3) is 0.286. The van der Waals surface area contributed by atoms with Gasteiger partial charge in [0.15, 0.2) is 0 Å². The summed E-state index contributed by atoms with van der Waals surface area (Å²) in [7, 11) is 0. The zero-order valence-corrected chi connectivity index (χ0v) is 12.0. The number of nitrogens with zero attached hydrogens (tertiary/aromatic N) is 3. The molecular formula is C14H14N4O5. The summed E-state index contributed by atoms with van der Waals surface area (Å²) in [6.45, 7) is 1.29. The molecule has 1 saturated heterocycles. The highest BCUT2D eigenvalue weighted by Crippen LogP contribution is 2.28. The molecule has 9 heteroatoms. The van der Waals surface area contributed by atoms with Gasteiger partial charge in [0.25, 0.3) is 11.6 Å². The molecule has 0 saturated carbocycles. The second-order valence-corrected chi connectivity index (χ2v) is 5.01. The number of amides is 1. The lowest BCUT2D eigenvalue weighted by molar-refractivity contribution is -0.385. The lowest BCUT2D eigenvalue weighted by Gasteiger charge is -2.33. The number of anilines is 1. The zero-order valence-electron chi connectivity index (χ0n) is 12.0. The number of nitrogens with two attached hydrogens (primary N) is 1. The number of pyridine rings is 1. The molecule has 1 amide bonds. The molecule has 2 aromatic heterocycles. The Balaban J connectivity index is 1.91. The van der Waals surface area contributed by atoms with Gasteiger partial charge in [-0.1, -0.05) is 0 Å². The Morgan fingerprint density at radius 2 is 2.35 bits per heavy atom. The second-order valence-electron chi connectivity index (χ2n) is 5.01. The molecule has 23 heavy (non-hydrogen) atoms. The average molecular weight is 318 g/mol. The number of primary amides is 1. The van der Waals surface area contributed by atoms with Crippen molar-refractivity contribution in [1.29, 1.82) is 0 Å². The largest absolute Gasteiger partial charge is 0.467 e. The number of aromatic nitrogens is 1. The number of morpholine rings is 1. The van der Waals surface area contributed by atoms with Crippen molar-refractivity contribution in [3.63, 3.8) is 0 Å². The molecule has 1 aliphatic rings. The van der Waals surface area contributed by atoms with Gasteiger partial charge in [0.2, 0.25) is 0 Å². The molecule has 0 spiro atoms. The van der Waals surface area contributed by atoms with Crippen molar-refractivity contribution in [2.75, 3.05) is 24.6 Å². The number of furan rings is 1. The maximum Gasteiger partial charge on any atom is 0.288 e. The van der Waals surface area contributed by atoms with Crippen molar-refractivity contribution in [1.82, 2.24) is 4.98 Å². The lowest BCUT2D eigenvalue weighted by Crippen LogP contribution is -2.40. The number of carbonyl (C=O) groups excluding carboxylic acids is 1. The molecule has 0 aliphatic carbocycles. The maximum absolute atomic E-state index is 11.6. The summed E-state index contributed by atoms with van der Waals surface area (Å²) >= 11 is 0. The average Bonchev–Trinajstić information content (AvgIpc) is 3.09. The Morgan fingerprint density at radius 3 is 3.00 bits per heavy atom. The predicted octanol–water partition coefficient (Wildman–Crippen LogP) is 1.26. The number of hydrogen-bond donors (Lipinski definition) is 1. The molecule has 3 heterocycles. The molecule has 0 radical (unpaired) electrons. The van der Waals surface area contributed by atoms with Crippen LogP contribution in [0.25, 0.3) is 0 Å². The summed E-state index contributed by atoms with van der Waals surface area (Å²) in [6, 6.07) is 4.70. The van der Waals surface area contributed by atoms with Crippen LogP contribution in [0.4, 0.5) is 11.5 Å². The summed E-state index contributed by atoms with van der Waals surface area (Å²) in [4.78, 5) is 27.7. The maximum atomic E-state index is 11.6. The van der Waals surface area contributed by atoms with E-state index in [0.717, 1.165) is 12.3 Å². The minimum absolute atomic E-state index is 0.0132. The van der Waals surface area contributed by atoms with Gasteiger partial charge in [-0.15, -0.1) is 0 Å². The Hall–Kier alpha value is -2.94. The van der Waals surface area contributed by atoms with Gasteiger partial charge in [-0.25, -0.2) is 4.98 Å². The highest BCUT2D eigenvalue weighted by atomic mass is 16.6. The molecule has 1 atom stereocenters. The molecule has 9 nitrogen and oxygen atoms in total. The minimum Gasteiger partial charge on any atom is -0.467 e. The standard InChI is InChI=1S/C14H14N4O5/c15-13(19)10-6-9(18(20)21)7-16-14(10)17-3-5-23-12(8-17)11-2-1-4-22-11/h1-2,4,6-7,12H,3,5,8H2,(H2,15,19). The first-order chi connectivity index (χ1) is 11.1.